The van der Waals surface area contributed by atoms with E-state index in [0.29, 0.717) is 5.92 Å². The topological polar surface area (TPSA) is 53.2 Å². The highest BCUT2D eigenvalue weighted by Crippen LogP contribution is 2.52. The van der Waals surface area contributed by atoms with E-state index in [1.165, 1.54) is 0 Å². The third-order valence-electron chi connectivity index (χ3n) is 3.79. The number of methoxy groups -OCH3 is 1. The van der Waals surface area contributed by atoms with Crippen LogP contribution < -0.4 is 0 Å². The van der Waals surface area contributed by atoms with Crippen molar-refractivity contribution >= 4 is 0 Å². The van der Waals surface area contributed by atoms with E-state index in [0.717, 1.165) is 19.3 Å². The smallest absolute Gasteiger partial charge is 0.113 e. The first-order valence-corrected chi connectivity index (χ1v) is 4.98. The maximum Gasteiger partial charge on any atom is 0.113 e. The van der Waals surface area contributed by atoms with Crippen molar-refractivity contribution in [3.05, 3.63) is 12.2 Å². The van der Waals surface area contributed by atoms with E-state index in [2.05, 4.69) is 12.1 Å². The highest BCUT2D eigenvalue weighted by atomic mass is 16.5. The lowest BCUT2D eigenvalue weighted by atomic mass is 9.57. The van der Waals surface area contributed by atoms with Gasteiger partial charge in [0, 0.05) is 7.11 Å². The number of nitriles is 1. The van der Waals surface area contributed by atoms with Crippen LogP contribution in [0.4, 0.5) is 0 Å². The number of allylic oxidation sites excluding steroid dienone is 1. The summed E-state index contributed by atoms with van der Waals surface area (Å²) in [4.78, 5) is 0. The summed E-state index contributed by atoms with van der Waals surface area (Å²) in [6.45, 7) is -0.113. The predicted octanol–water partition coefficient (Wildman–Crippen LogP) is 1.24. The zero-order chi connectivity index (χ0) is 10.2. The first kappa shape index (κ1) is 9.70. The van der Waals surface area contributed by atoms with Crippen LogP contribution in [0.15, 0.2) is 12.2 Å². The van der Waals surface area contributed by atoms with E-state index < -0.39 is 11.0 Å². The second-order valence-corrected chi connectivity index (χ2v) is 4.31. The molecule has 3 atom stereocenters. The molecule has 0 aromatic rings. The van der Waals surface area contributed by atoms with Crippen molar-refractivity contribution in [2.45, 2.75) is 24.9 Å². The number of hydrogen-bond donors (Lipinski definition) is 1. The molecule has 0 heterocycles. The lowest BCUT2D eigenvalue weighted by molar-refractivity contribution is -0.114. The third-order valence-corrected chi connectivity index (χ3v) is 3.79. The molecule has 3 nitrogen and oxygen atoms in total. The fraction of sp³-hybridized carbons (Fsp3) is 0.727. The minimum Gasteiger partial charge on any atom is -0.395 e. The molecule has 0 aromatic carbocycles. The maximum atomic E-state index is 9.42. The Labute approximate surface area is 84.0 Å². The van der Waals surface area contributed by atoms with Crippen LogP contribution in [0.5, 0.6) is 0 Å². The molecule has 2 bridgehead atoms. The van der Waals surface area contributed by atoms with Crippen LogP contribution in [0.2, 0.25) is 0 Å². The Morgan fingerprint density at radius 1 is 1.71 bits per heavy atom. The van der Waals surface area contributed by atoms with Crippen molar-refractivity contribution in [1.29, 1.82) is 5.26 Å². The van der Waals surface area contributed by atoms with Gasteiger partial charge in [-0.05, 0) is 25.2 Å². The van der Waals surface area contributed by atoms with Gasteiger partial charge >= 0.3 is 0 Å². The summed E-state index contributed by atoms with van der Waals surface area (Å²) in [5, 5.41) is 18.7. The zero-order valence-corrected chi connectivity index (χ0v) is 8.36. The van der Waals surface area contributed by atoms with E-state index in [4.69, 9.17) is 4.74 Å². The van der Waals surface area contributed by atoms with Gasteiger partial charge in [-0.15, -0.1) is 0 Å². The van der Waals surface area contributed by atoms with E-state index in [1.807, 2.05) is 6.08 Å². The first-order valence-electron chi connectivity index (χ1n) is 4.98. The standard InChI is InChI=1S/C11H15NO2/c1-14-11-4-2-9(3-5-11)6-10(11,7-12)8-13/h2,4,9,13H,3,5-6,8H2,1H3. The second-order valence-electron chi connectivity index (χ2n) is 4.31. The Hall–Kier alpha value is -0.850. The van der Waals surface area contributed by atoms with Gasteiger partial charge in [0.05, 0.1) is 12.7 Å². The molecule has 3 unspecified atom stereocenters. The summed E-state index contributed by atoms with van der Waals surface area (Å²) in [6, 6.07) is 2.26. The number of fused-ring (bicyclic) bond motifs is 2. The van der Waals surface area contributed by atoms with Crippen LogP contribution in [0.3, 0.4) is 0 Å². The molecule has 0 spiro atoms. The van der Waals surface area contributed by atoms with Crippen molar-refractivity contribution in [3.63, 3.8) is 0 Å². The lowest BCUT2D eigenvalue weighted by Crippen LogP contribution is -2.56. The van der Waals surface area contributed by atoms with Crippen LogP contribution in [-0.4, -0.2) is 24.4 Å². The van der Waals surface area contributed by atoms with Gasteiger partial charge in [-0.3, -0.25) is 0 Å². The van der Waals surface area contributed by atoms with Crippen LogP contribution >= 0.6 is 0 Å². The molecule has 3 aliphatic rings. The van der Waals surface area contributed by atoms with E-state index in [1.54, 1.807) is 7.11 Å². The van der Waals surface area contributed by atoms with Crippen LogP contribution in [-0.2, 0) is 4.74 Å². The Bertz CT molecular complexity index is 307. The first-order chi connectivity index (χ1) is 6.72. The van der Waals surface area contributed by atoms with E-state index in [-0.39, 0.29) is 6.61 Å². The number of aliphatic hydroxyl groups excluding tert-OH is 1. The molecule has 0 radical (unpaired) electrons. The summed E-state index contributed by atoms with van der Waals surface area (Å²) < 4.78 is 5.49. The molecule has 76 valence electrons. The van der Waals surface area contributed by atoms with Gasteiger partial charge in [0.1, 0.15) is 11.0 Å². The molecule has 0 aromatic heterocycles. The molecule has 0 amide bonds. The SMILES string of the molecule is COC12C=CC(CC1)CC2(C#N)CO. The van der Waals surface area contributed by atoms with Crippen LogP contribution in [0.25, 0.3) is 0 Å². The Balaban J connectivity index is 2.46. The highest BCUT2D eigenvalue weighted by Gasteiger charge is 2.56. The number of rotatable bonds is 2. The molecule has 14 heavy (non-hydrogen) atoms. The fourth-order valence-electron chi connectivity index (χ4n) is 2.80. The Morgan fingerprint density at radius 2 is 2.50 bits per heavy atom. The van der Waals surface area contributed by atoms with Gasteiger partial charge in [0.15, 0.2) is 0 Å². The Morgan fingerprint density at radius 3 is 2.86 bits per heavy atom. The Kier molecular flexibility index (Phi) is 2.13. The summed E-state index contributed by atoms with van der Waals surface area (Å²) in [7, 11) is 1.62. The predicted molar refractivity (Wildman–Crippen MR) is 51.4 cm³/mol. The number of hydrogen-bond acceptors (Lipinski definition) is 3. The molecule has 3 rings (SSSR count). The maximum absolute atomic E-state index is 9.42. The number of ether oxygens (including phenoxy) is 1. The fourth-order valence-corrected chi connectivity index (χ4v) is 2.80. The molecule has 1 saturated carbocycles. The summed E-state index contributed by atoms with van der Waals surface area (Å²) in [6.07, 6.45) is 6.74. The van der Waals surface area contributed by atoms with Crippen molar-refractivity contribution < 1.29 is 9.84 Å². The van der Waals surface area contributed by atoms with Crippen molar-refractivity contribution in [1.82, 2.24) is 0 Å². The summed E-state index contributed by atoms with van der Waals surface area (Å²) in [5.41, 5.74) is -1.27. The average molecular weight is 193 g/mol. The highest BCUT2D eigenvalue weighted by molar-refractivity contribution is 5.28. The van der Waals surface area contributed by atoms with Crippen LogP contribution in [0, 0.1) is 22.7 Å². The van der Waals surface area contributed by atoms with Gasteiger partial charge < -0.3 is 9.84 Å². The van der Waals surface area contributed by atoms with Gasteiger partial charge in [0.25, 0.3) is 0 Å². The molecule has 0 saturated heterocycles. The summed E-state index contributed by atoms with van der Waals surface area (Å²) in [5.74, 6) is 0.443. The molecule has 1 N–H and O–H groups in total. The quantitative estimate of drug-likeness (QED) is 0.671. The monoisotopic (exact) mass is 193 g/mol. The molecule has 1 fully saturated rings. The molecular formula is C11H15NO2. The van der Waals surface area contributed by atoms with Crippen LogP contribution in [0.1, 0.15) is 19.3 Å². The lowest BCUT2D eigenvalue weighted by Gasteiger charge is -2.51. The average Bonchev–Trinajstić information content (AvgIpc) is 2.30. The number of nitrogens with zero attached hydrogens (tertiary/aromatic N) is 1. The van der Waals surface area contributed by atoms with E-state index >= 15 is 0 Å². The van der Waals surface area contributed by atoms with E-state index in [9.17, 15) is 10.4 Å². The molecule has 3 heteroatoms. The largest absolute Gasteiger partial charge is 0.395 e. The normalized spacial score (nSPS) is 45.1. The van der Waals surface area contributed by atoms with Gasteiger partial charge in [-0.2, -0.15) is 5.26 Å². The summed E-state index contributed by atoms with van der Waals surface area (Å²) >= 11 is 0. The van der Waals surface area contributed by atoms with Crippen molar-refractivity contribution in [3.8, 4) is 6.07 Å². The zero-order valence-electron chi connectivity index (χ0n) is 8.36. The number of aliphatic hydroxyl groups is 1. The van der Waals surface area contributed by atoms with Crippen molar-refractivity contribution in [2.75, 3.05) is 13.7 Å². The molecule has 3 aliphatic carbocycles. The third kappa shape index (κ3) is 0.985. The minimum atomic E-state index is -0.723. The van der Waals surface area contributed by atoms with Crippen molar-refractivity contribution in [2.24, 2.45) is 11.3 Å². The van der Waals surface area contributed by atoms with Gasteiger partial charge in [-0.25, -0.2) is 0 Å². The minimum absolute atomic E-state index is 0.113. The molecule has 0 aliphatic heterocycles. The van der Waals surface area contributed by atoms with Gasteiger partial charge in [-0.1, -0.05) is 12.2 Å². The van der Waals surface area contributed by atoms with Gasteiger partial charge in [0.2, 0.25) is 0 Å². The molecular weight excluding hydrogens is 178 g/mol. The second kappa shape index (κ2) is 3.08.